The summed E-state index contributed by atoms with van der Waals surface area (Å²) < 4.78 is 9.07. The van der Waals surface area contributed by atoms with E-state index in [4.69, 9.17) is 4.42 Å². The molecule has 3 aromatic carbocycles. The van der Waals surface area contributed by atoms with Crippen molar-refractivity contribution in [2.24, 2.45) is 0 Å². The molecule has 2 heterocycles. The van der Waals surface area contributed by atoms with E-state index in [0.29, 0.717) is 21.2 Å². The summed E-state index contributed by atoms with van der Waals surface area (Å²) in [5.41, 5.74) is 9.31. The van der Waals surface area contributed by atoms with E-state index in [0.717, 1.165) is 17.1 Å². The molecular weight excluding hydrogens is 431 g/mol. The Morgan fingerprint density at radius 3 is 2.58 bits per heavy atom. The first-order chi connectivity index (χ1) is 12.6. The molecule has 0 unspecified atom stereocenters. The average Bonchev–Trinajstić information content (AvgIpc) is 3.07. The summed E-state index contributed by atoms with van der Waals surface area (Å²) in [6.45, 7) is 4.76. The molecule has 0 spiro atoms. The van der Waals surface area contributed by atoms with E-state index in [2.05, 4.69) is 68.4 Å². The van der Waals surface area contributed by atoms with Gasteiger partial charge < -0.3 is 0 Å². The normalized spacial score (nSPS) is 18.4. The number of halogens is 1. The van der Waals surface area contributed by atoms with Gasteiger partial charge in [0.15, 0.2) is 0 Å². The molecule has 2 heteroatoms. The van der Waals surface area contributed by atoms with E-state index < -0.39 is 0 Å². The van der Waals surface area contributed by atoms with E-state index in [1.54, 1.807) is 5.56 Å². The minimum atomic E-state index is 0.0477. The Balaban J connectivity index is 1.71. The molecule has 2 aliphatic rings. The maximum absolute atomic E-state index is 6.15. The first-order valence-corrected chi connectivity index (χ1v) is 12.3. The first kappa shape index (κ1) is 15.3. The monoisotopic (exact) mass is 451 g/mol. The standard InChI is InChI=1S/C24H20IO/c1-24(2)18-9-10-21-23(17-5-3-4-6-20(17)26-21)22(18)16-8-7-14(11-19(16)24)15-12-25-13-15/h3-11,15H,12-13H2,1-2H3/q-1. The van der Waals surface area contributed by atoms with Crippen molar-refractivity contribution < 1.29 is 25.6 Å². The number of alkyl halides is 2. The summed E-state index contributed by atoms with van der Waals surface area (Å²) in [4.78, 5) is 0. The van der Waals surface area contributed by atoms with Crippen LogP contribution in [0.25, 0.3) is 33.1 Å². The molecule has 4 aromatic rings. The average molecular weight is 451 g/mol. The molecule has 0 amide bonds. The zero-order valence-electron chi connectivity index (χ0n) is 15.0. The van der Waals surface area contributed by atoms with Gasteiger partial charge in [-0.15, -0.1) is 0 Å². The Kier molecular flexibility index (Phi) is 3.01. The molecule has 6 rings (SSSR count). The third kappa shape index (κ3) is 1.86. The van der Waals surface area contributed by atoms with E-state index in [-0.39, 0.29) is 5.41 Å². The summed E-state index contributed by atoms with van der Waals surface area (Å²) >= 11 is 0.497. The Morgan fingerprint density at radius 1 is 0.923 bits per heavy atom. The first-order valence-electron chi connectivity index (χ1n) is 9.27. The molecule has 1 aliphatic heterocycles. The number of rotatable bonds is 1. The Bertz CT molecular complexity index is 1190. The molecule has 0 N–H and O–H groups in total. The number of para-hydroxylation sites is 1. The predicted molar refractivity (Wildman–Crippen MR) is 104 cm³/mol. The van der Waals surface area contributed by atoms with Gasteiger partial charge in [0.2, 0.25) is 0 Å². The van der Waals surface area contributed by atoms with Gasteiger partial charge in [-0.3, -0.25) is 0 Å². The summed E-state index contributed by atoms with van der Waals surface area (Å²) in [7, 11) is 0. The molecule has 0 radical (unpaired) electrons. The van der Waals surface area contributed by atoms with Crippen molar-refractivity contribution in [3.63, 3.8) is 0 Å². The Labute approximate surface area is 163 Å². The topological polar surface area (TPSA) is 13.1 Å². The van der Waals surface area contributed by atoms with Crippen LogP contribution in [0.5, 0.6) is 0 Å². The molecule has 1 fully saturated rings. The van der Waals surface area contributed by atoms with Crippen LogP contribution in [0.2, 0.25) is 0 Å². The number of furan rings is 1. The Morgan fingerprint density at radius 2 is 1.77 bits per heavy atom. The van der Waals surface area contributed by atoms with Gasteiger partial charge in [-0.05, 0) is 0 Å². The second kappa shape index (κ2) is 5.13. The van der Waals surface area contributed by atoms with Crippen LogP contribution in [0.3, 0.4) is 0 Å². The van der Waals surface area contributed by atoms with Crippen LogP contribution in [0, 0.1) is 0 Å². The molecule has 0 atom stereocenters. The molecule has 1 aliphatic carbocycles. The number of benzene rings is 3. The van der Waals surface area contributed by atoms with E-state index in [1.165, 1.54) is 41.9 Å². The maximum atomic E-state index is 6.15. The van der Waals surface area contributed by atoms with Crippen molar-refractivity contribution in [1.29, 1.82) is 0 Å². The number of fused-ring (bicyclic) bond motifs is 7. The van der Waals surface area contributed by atoms with Gasteiger partial charge in [-0.1, -0.05) is 0 Å². The van der Waals surface area contributed by atoms with Gasteiger partial charge in [0, 0.05) is 0 Å². The summed E-state index contributed by atoms with van der Waals surface area (Å²) in [5.74, 6) is 0.822. The summed E-state index contributed by atoms with van der Waals surface area (Å²) in [6.07, 6.45) is 0. The molecule has 1 aromatic heterocycles. The predicted octanol–water partition coefficient (Wildman–Crippen LogP) is 3.08. The van der Waals surface area contributed by atoms with Crippen LogP contribution in [-0.2, 0) is 5.41 Å². The Hall–Kier alpha value is -1.81. The van der Waals surface area contributed by atoms with Crippen molar-refractivity contribution in [2.75, 3.05) is 8.86 Å². The zero-order chi connectivity index (χ0) is 17.5. The molecule has 130 valence electrons. The molecule has 0 bridgehead atoms. The van der Waals surface area contributed by atoms with E-state index >= 15 is 0 Å². The fraction of sp³-hybridized carbons (Fsp3) is 0.250. The second-order valence-corrected chi connectivity index (χ2v) is 10.9. The van der Waals surface area contributed by atoms with Crippen LogP contribution in [0.1, 0.15) is 36.5 Å². The van der Waals surface area contributed by atoms with E-state index in [1.807, 2.05) is 0 Å². The van der Waals surface area contributed by atoms with Crippen molar-refractivity contribution >= 4 is 21.9 Å². The van der Waals surface area contributed by atoms with Crippen LogP contribution >= 0.6 is 0 Å². The molecule has 26 heavy (non-hydrogen) atoms. The van der Waals surface area contributed by atoms with Crippen molar-refractivity contribution in [2.45, 2.75) is 25.2 Å². The fourth-order valence-corrected chi connectivity index (χ4v) is 6.97. The summed E-state index contributed by atoms with van der Waals surface area (Å²) in [6, 6.07) is 20.2. The number of hydrogen-bond donors (Lipinski definition) is 0. The van der Waals surface area contributed by atoms with Crippen LogP contribution in [0.4, 0.5) is 0 Å². The third-order valence-electron chi connectivity index (χ3n) is 6.27. The van der Waals surface area contributed by atoms with Gasteiger partial charge in [-0.25, -0.2) is 0 Å². The fourth-order valence-electron chi connectivity index (χ4n) is 4.71. The SMILES string of the molecule is CC1(C)c2cc(C3C[I-]C3)ccc2-c2c1ccc1oc3ccccc3c21. The molecule has 1 saturated heterocycles. The van der Waals surface area contributed by atoms with E-state index in [9.17, 15) is 0 Å². The number of hydrogen-bond acceptors (Lipinski definition) is 1. The van der Waals surface area contributed by atoms with Gasteiger partial charge in [0.25, 0.3) is 0 Å². The van der Waals surface area contributed by atoms with Crippen LogP contribution in [-0.4, -0.2) is 8.86 Å². The molecule has 0 saturated carbocycles. The van der Waals surface area contributed by atoms with Crippen LogP contribution < -0.4 is 21.2 Å². The van der Waals surface area contributed by atoms with Crippen molar-refractivity contribution in [1.82, 2.24) is 0 Å². The van der Waals surface area contributed by atoms with Gasteiger partial charge in [0.1, 0.15) is 0 Å². The van der Waals surface area contributed by atoms with Crippen molar-refractivity contribution in [3.05, 3.63) is 71.3 Å². The third-order valence-corrected chi connectivity index (χ3v) is 9.64. The molecule has 1 nitrogen and oxygen atoms in total. The van der Waals surface area contributed by atoms with Gasteiger partial charge >= 0.3 is 164 Å². The van der Waals surface area contributed by atoms with Crippen LogP contribution in [0.15, 0.2) is 59.0 Å². The minimum absolute atomic E-state index is 0.0477. The molecular formula is C24H20IO-. The quantitative estimate of drug-likeness (QED) is 0.320. The zero-order valence-corrected chi connectivity index (χ0v) is 17.1. The van der Waals surface area contributed by atoms with Gasteiger partial charge in [-0.2, -0.15) is 0 Å². The summed E-state index contributed by atoms with van der Waals surface area (Å²) in [5, 5.41) is 2.52. The van der Waals surface area contributed by atoms with Gasteiger partial charge in [0.05, 0.1) is 0 Å². The second-order valence-electron chi connectivity index (χ2n) is 8.08. The van der Waals surface area contributed by atoms with Crippen molar-refractivity contribution in [3.8, 4) is 11.1 Å².